The highest BCUT2D eigenvalue weighted by atomic mass is 15.2. The van der Waals surface area contributed by atoms with Crippen LogP contribution in [0.15, 0.2) is 17.3 Å². The third-order valence-corrected chi connectivity index (χ3v) is 1.74. The molecule has 5 heteroatoms. The number of guanidine groups is 1. The zero-order valence-corrected chi connectivity index (χ0v) is 9.54. The molecule has 1 aromatic rings. The lowest BCUT2D eigenvalue weighted by molar-refractivity contribution is 0.699. The molecule has 0 saturated heterocycles. The van der Waals surface area contributed by atoms with Crippen molar-refractivity contribution in [1.82, 2.24) is 20.8 Å². The first-order valence-corrected chi connectivity index (χ1v) is 5.25. The van der Waals surface area contributed by atoms with Gasteiger partial charge in [-0.2, -0.15) is 5.10 Å². The van der Waals surface area contributed by atoms with Gasteiger partial charge in [0.15, 0.2) is 5.96 Å². The highest BCUT2D eigenvalue weighted by Gasteiger charge is 1.99. The Balaban J connectivity index is 2.50. The third-order valence-electron chi connectivity index (χ3n) is 1.74. The molecule has 0 fully saturated rings. The fourth-order valence-electron chi connectivity index (χ4n) is 1.13. The van der Waals surface area contributed by atoms with Crippen LogP contribution in [0, 0.1) is 0 Å². The number of hydrogen-bond acceptors (Lipinski definition) is 2. The van der Waals surface area contributed by atoms with E-state index in [9.17, 15) is 0 Å². The average molecular weight is 209 g/mol. The molecular formula is C10H19N5. The molecule has 0 spiro atoms. The van der Waals surface area contributed by atoms with Crippen molar-refractivity contribution < 1.29 is 0 Å². The van der Waals surface area contributed by atoms with Crippen LogP contribution in [0.1, 0.15) is 26.5 Å². The Morgan fingerprint density at radius 3 is 2.93 bits per heavy atom. The van der Waals surface area contributed by atoms with Crippen molar-refractivity contribution in [2.24, 2.45) is 4.99 Å². The minimum atomic E-state index is 0.379. The second-order valence-electron chi connectivity index (χ2n) is 3.58. The lowest BCUT2D eigenvalue weighted by Crippen LogP contribution is -2.41. The summed E-state index contributed by atoms with van der Waals surface area (Å²) >= 11 is 0. The van der Waals surface area contributed by atoms with E-state index < -0.39 is 0 Å². The fraction of sp³-hybridized carbons (Fsp3) is 0.600. The van der Waals surface area contributed by atoms with Crippen molar-refractivity contribution in [3.05, 3.63) is 18.0 Å². The van der Waals surface area contributed by atoms with Crippen LogP contribution in [-0.4, -0.2) is 28.7 Å². The molecule has 15 heavy (non-hydrogen) atoms. The van der Waals surface area contributed by atoms with Gasteiger partial charge >= 0.3 is 0 Å². The monoisotopic (exact) mass is 209 g/mol. The van der Waals surface area contributed by atoms with E-state index in [0.29, 0.717) is 12.6 Å². The van der Waals surface area contributed by atoms with Gasteiger partial charge in [-0.1, -0.05) is 0 Å². The molecule has 0 atom stereocenters. The summed E-state index contributed by atoms with van der Waals surface area (Å²) in [7, 11) is 0. The molecule has 0 aliphatic heterocycles. The van der Waals surface area contributed by atoms with Gasteiger partial charge in [-0.25, -0.2) is 4.99 Å². The Labute approximate surface area is 90.4 Å². The van der Waals surface area contributed by atoms with E-state index in [1.165, 1.54) is 0 Å². The number of nitrogens with zero attached hydrogens (tertiary/aromatic N) is 2. The van der Waals surface area contributed by atoms with Crippen molar-refractivity contribution in [3.63, 3.8) is 0 Å². The van der Waals surface area contributed by atoms with Crippen LogP contribution >= 0.6 is 0 Å². The molecule has 0 unspecified atom stereocenters. The topological polar surface area (TPSA) is 65.1 Å². The highest BCUT2D eigenvalue weighted by molar-refractivity contribution is 5.79. The molecule has 0 saturated carbocycles. The number of aromatic amines is 1. The van der Waals surface area contributed by atoms with Crippen molar-refractivity contribution in [2.45, 2.75) is 33.4 Å². The Kier molecular flexibility index (Phi) is 4.66. The molecule has 0 aliphatic rings. The highest BCUT2D eigenvalue weighted by Crippen LogP contribution is 1.93. The molecular weight excluding hydrogens is 190 g/mol. The minimum Gasteiger partial charge on any atom is -0.357 e. The summed E-state index contributed by atoms with van der Waals surface area (Å²) in [6, 6.07) is 2.30. The molecule has 0 aromatic carbocycles. The zero-order chi connectivity index (χ0) is 11.1. The van der Waals surface area contributed by atoms with E-state index in [1.807, 2.05) is 13.0 Å². The van der Waals surface area contributed by atoms with E-state index in [2.05, 4.69) is 39.7 Å². The van der Waals surface area contributed by atoms with Gasteiger partial charge in [0, 0.05) is 18.8 Å². The summed E-state index contributed by atoms with van der Waals surface area (Å²) in [5, 5.41) is 13.2. The summed E-state index contributed by atoms with van der Waals surface area (Å²) in [5.41, 5.74) is 1.01. The molecule has 0 bridgehead atoms. The maximum atomic E-state index is 4.42. The first-order chi connectivity index (χ1) is 7.22. The minimum absolute atomic E-state index is 0.379. The predicted molar refractivity (Wildman–Crippen MR) is 61.7 cm³/mol. The maximum absolute atomic E-state index is 4.42. The van der Waals surface area contributed by atoms with Gasteiger partial charge in [0.25, 0.3) is 0 Å². The van der Waals surface area contributed by atoms with Gasteiger partial charge in [-0.05, 0) is 26.8 Å². The Morgan fingerprint density at radius 1 is 1.60 bits per heavy atom. The number of H-pyrrole nitrogens is 1. The largest absolute Gasteiger partial charge is 0.357 e. The molecule has 5 nitrogen and oxygen atoms in total. The van der Waals surface area contributed by atoms with Crippen molar-refractivity contribution in [3.8, 4) is 0 Å². The van der Waals surface area contributed by atoms with Crippen molar-refractivity contribution in [2.75, 3.05) is 6.54 Å². The SMILES string of the molecule is CCNC(=NCc1ccn[nH]1)NC(C)C. The first-order valence-electron chi connectivity index (χ1n) is 5.25. The van der Waals surface area contributed by atoms with Gasteiger partial charge in [0.1, 0.15) is 0 Å². The van der Waals surface area contributed by atoms with Gasteiger partial charge < -0.3 is 10.6 Å². The lowest BCUT2D eigenvalue weighted by atomic mass is 10.4. The van der Waals surface area contributed by atoms with Crippen LogP contribution in [0.2, 0.25) is 0 Å². The first kappa shape index (κ1) is 11.6. The summed E-state index contributed by atoms with van der Waals surface area (Å²) in [4.78, 5) is 4.42. The van der Waals surface area contributed by atoms with Crippen molar-refractivity contribution >= 4 is 5.96 Å². The normalized spacial score (nSPS) is 11.9. The molecule has 1 heterocycles. The van der Waals surface area contributed by atoms with E-state index in [0.717, 1.165) is 18.2 Å². The smallest absolute Gasteiger partial charge is 0.191 e. The van der Waals surface area contributed by atoms with E-state index in [1.54, 1.807) is 6.20 Å². The van der Waals surface area contributed by atoms with Crippen molar-refractivity contribution in [1.29, 1.82) is 0 Å². The second kappa shape index (κ2) is 6.06. The van der Waals surface area contributed by atoms with Crippen LogP contribution in [0.5, 0.6) is 0 Å². The quantitative estimate of drug-likeness (QED) is 0.509. The third kappa shape index (κ3) is 4.49. The van der Waals surface area contributed by atoms with Crippen LogP contribution in [0.25, 0.3) is 0 Å². The van der Waals surface area contributed by atoms with Crippen LogP contribution in [-0.2, 0) is 6.54 Å². The molecule has 3 N–H and O–H groups in total. The van der Waals surface area contributed by atoms with E-state index in [-0.39, 0.29) is 0 Å². The number of rotatable bonds is 4. The van der Waals surface area contributed by atoms with Gasteiger partial charge in [-0.15, -0.1) is 0 Å². The van der Waals surface area contributed by atoms with Gasteiger partial charge in [0.2, 0.25) is 0 Å². The Morgan fingerprint density at radius 2 is 2.40 bits per heavy atom. The summed E-state index contributed by atoms with van der Waals surface area (Å²) in [6.45, 7) is 7.70. The number of aliphatic imine (C=N–C) groups is 1. The Bertz CT molecular complexity index is 289. The van der Waals surface area contributed by atoms with Crippen LogP contribution in [0.3, 0.4) is 0 Å². The fourth-order valence-corrected chi connectivity index (χ4v) is 1.13. The molecule has 0 amide bonds. The van der Waals surface area contributed by atoms with Gasteiger partial charge in [0.05, 0.1) is 12.2 Å². The van der Waals surface area contributed by atoms with Gasteiger partial charge in [-0.3, -0.25) is 5.10 Å². The standard InChI is InChI=1S/C10H19N5/c1-4-11-10(14-8(2)3)12-7-9-5-6-13-15-9/h5-6,8H,4,7H2,1-3H3,(H,13,15)(H2,11,12,14). The van der Waals surface area contributed by atoms with Crippen LogP contribution in [0.4, 0.5) is 0 Å². The molecule has 84 valence electrons. The average Bonchev–Trinajstić information content (AvgIpc) is 2.66. The second-order valence-corrected chi connectivity index (χ2v) is 3.58. The zero-order valence-electron chi connectivity index (χ0n) is 9.54. The summed E-state index contributed by atoms with van der Waals surface area (Å²) in [6.07, 6.45) is 1.73. The predicted octanol–water partition coefficient (Wildman–Crippen LogP) is 0.873. The maximum Gasteiger partial charge on any atom is 0.191 e. The van der Waals surface area contributed by atoms with E-state index >= 15 is 0 Å². The van der Waals surface area contributed by atoms with E-state index in [4.69, 9.17) is 0 Å². The Hall–Kier alpha value is -1.52. The lowest BCUT2D eigenvalue weighted by Gasteiger charge is -2.13. The summed E-state index contributed by atoms with van der Waals surface area (Å²) < 4.78 is 0. The van der Waals surface area contributed by atoms with Crippen LogP contribution < -0.4 is 10.6 Å². The molecule has 1 aromatic heterocycles. The molecule has 0 aliphatic carbocycles. The molecule has 0 radical (unpaired) electrons. The number of nitrogens with one attached hydrogen (secondary N) is 3. The number of hydrogen-bond donors (Lipinski definition) is 3. The summed E-state index contributed by atoms with van der Waals surface area (Å²) in [5.74, 6) is 0.835. The molecule has 1 rings (SSSR count). The number of aromatic nitrogens is 2.